The lowest BCUT2D eigenvalue weighted by Crippen LogP contribution is -2.49. The van der Waals surface area contributed by atoms with Crippen molar-refractivity contribution in [1.82, 2.24) is 0 Å². The lowest BCUT2D eigenvalue weighted by molar-refractivity contribution is 0.0252. The maximum absolute atomic E-state index is 6.78. The van der Waals surface area contributed by atoms with Crippen molar-refractivity contribution < 1.29 is 8.85 Å². The highest BCUT2D eigenvalue weighted by molar-refractivity contribution is 6.74. The predicted molar refractivity (Wildman–Crippen MR) is 112 cm³/mol. The van der Waals surface area contributed by atoms with E-state index in [-0.39, 0.29) is 10.1 Å². The van der Waals surface area contributed by atoms with Crippen LogP contribution in [-0.2, 0) is 8.85 Å². The molecule has 2 nitrogen and oxygen atoms in total. The van der Waals surface area contributed by atoms with Crippen molar-refractivity contribution in [3.05, 3.63) is 0 Å². The van der Waals surface area contributed by atoms with Crippen LogP contribution in [0.25, 0.3) is 0 Å². The lowest BCUT2D eigenvalue weighted by Gasteiger charge is -2.46. The number of rotatable bonds is 5. The molecular weight excluding hydrogens is 328 g/mol. The summed E-state index contributed by atoms with van der Waals surface area (Å²) in [5.74, 6) is 0.753. The van der Waals surface area contributed by atoms with Gasteiger partial charge in [0.05, 0.1) is 0 Å². The van der Waals surface area contributed by atoms with E-state index in [9.17, 15) is 0 Å². The van der Waals surface area contributed by atoms with Crippen LogP contribution in [0, 0.1) is 5.92 Å². The maximum atomic E-state index is 6.78. The third-order valence-electron chi connectivity index (χ3n) is 6.83. The second-order valence-electron chi connectivity index (χ2n) is 11.0. The monoisotopic (exact) mass is 372 g/mol. The van der Waals surface area contributed by atoms with Crippen LogP contribution >= 0.6 is 0 Å². The van der Waals surface area contributed by atoms with Gasteiger partial charge in [-0.1, -0.05) is 54.9 Å². The van der Waals surface area contributed by atoms with Gasteiger partial charge in [-0.2, -0.15) is 0 Å². The van der Waals surface area contributed by atoms with Crippen molar-refractivity contribution in [3.63, 3.8) is 0 Å². The summed E-state index contributed by atoms with van der Waals surface area (Å²) in [5.41, 5.74) is 0. The normalized spacial score (nSPS) is 27.4. The van der Waals surface area contributed by atoms with Gasteiger partial charge in [-0.05, 0) is 61.4 Å². The third-order valence-corrected chi connectivity index (χ3v) is 15.9. The fourth-order valence-electron chi connectivity index (χ4n) is 3.04. The molecule has 0 aromatic rings. The number of hydrogen-bond donors (Lipinski definition) is 0. The molecule has 144 valence electrons. The van der Waals surface area contributed by atoms with Gasteiger partial charge in [0, 0.05) is 12.2 Å². The Morgan fingerprint density at radius 1 is 0.708 bits per heavy atom. The summed E-state index contributed by atoms with van der Waals surface area (Å²) in [5, 5.41) is 0.559. The topological polar surface area (TPSA) is 18.5 Å². The minimum atomic E-state index is -1.70. The molecule has 1 aliphatic carbocycles. The van der Waals surface area contributed by atoms with Crippen LogP contribution in [-0.4, -0.2) is 28.8 Å². The Labute approximate surface area is 154 Å². The molecule has 0 bridgehead atoms. The zero-order valence-corrected chi connectivity index (χ0v) is 20.4. The van der Waals surface area contributed by atoms with Crippen molar-refractivity contribution in [2.24, 2.45) is 5.92 Å². The van der Waals surface area contributed by atoms with Crippen molar-refractivity contribution in [2.75, 3.05) is 0 Å². The Hall–Kier alpha value is 0.354. The first kappa shape index (κ1) is 22.4. The minimum Gasteiger partial charge on any atom is -0.414 e. The first-order chi connectivity index (χ1) is 10.6. The molecule has 0 heterocycles. The molecule has 0 aromatic heterocycles. The van der Waals surface area contributed by atoms with Gasteiger partial charge in [0.15, 0.2) is 16.6 Å². The largest absolute Gasteiger partial charge is 0.414 e. The average Bonchev–Trinajstić information content (AvgIpc) is 2.34. The van der Waals surface area contributed by atoms with Gasteiger partial charge in [-0.15, -0.1) is 0 Å². The van der Waals surface area contributed by atoms with Crippen LogP contribution in [0.5, 0.6) is 0 Å². The fourth-order valence-corrected chi connectivity index (χ4v) is 5.80. The van der Waals surface area contributed by atoms with Crippen LogP contribution < -0.4 is 0 Å². The summed E-state index contributed by atoms with van der Waals surface area (Å²) >= 11 is 0. The van der Waals surface area contributed by atoms with E-state index in [0.717, 1.165) is 12.3 Å². The summed E-state index contributed by atoms with van der Waals surface area (Å²) in [4.78, 5) is 0. The second-order valence-corrected chi connectivity index (χ2v) is 20.5. The van der Waals surface area contributed by atoms with Crippen LogP contribution in [0.1, 0.15) is 74.1 Å². The lowest BCUT2D eigenvalue weighted by atomic mass is 9.84. The van der Waals surface area contributed by atoms with Gasteiger partial charge in [0.1, 0.15) is 0 Å². The van der Waals surface area contributed by atoms with Gasteiger partial charge in [-0.3, -0.25) is 0 Å². The van der Waals surface area contributed by atoms with Gasteiger partial charge in [0.25, 0.3) is 0 Å². The maximum Gasteiger partial charge on any atom is 0.192 e. The minimum absolute atomic E-state index is 0.280. The van der Waals surface area contributed by atoms with Gasteiger partial charge in [0.2, 0.25) is 0 Å². The summed E-state index contributed by atoms with van der Waals surface area (Å²) in [6.45, 7) is 25.9. The van der Waals surface area contributed by atoms with E-state index in [4.69, 9.17) is 8.85 Å². The van der Waals surface area contributed by atoms with E-state index in [1.165, 1.54) is 19.3 Å². The fraction of sp³-hybridized carbons (Fsp3) is 1.00. The highest BCUT2D eigenvalue weighted by Crippen LogP contribution is 2.43. The van der Waals surface area contributed by atoms with Crippen LogP contribution in [0.2, 0.25) is 36.3 Å². The molecule has 0 unspecified atom stereocenters. The molecule has 0 aliphatic heterocycles. The van der Waals surface area contributed by atoms with Crippen molar-refractivity contribution in [3.8, 4) is 0 Å². The Morgan fingerprint density at radius 2 is 1.04 bits per heavy atom. The summed E-state index contributed by atoms with van der Waals surface area (Å²) in [7, 11) is -3.41. The zero-order valence-electron chi connectivity index (χ0n) is 18.4. The van der Waals surface area contributed by atoms with E-state index >= 15 is 0 Å². The average molecular weight is 373 g/mol. The standard InChI is InChI=1S/C20H44O2Si2/c1-12-16-13-17(21-23(8,9)19(2,3)4)15-18(14-16)22-24(10,11)20(5,6)7/h16-18H,12-15H2,1-11H3/t17-,18-/m1/s1. The Kier molecular flexibility index (Phi) is 7.03. The molecule has 0 aromatic carbocycles. The summed E-state index contributed by atoms with van der Waals surface area (Å²) < 4.78 is 13.6. The molecule has 1 saturated carbocycles. The highest BCUT2D eigenvalue weighted by Gasteiger charge is 2.44. The molecule has 1 aliphatic rings. The van der Waals surface area contributed by atoms with Crippen LogP contribution in [0.4, 0.5) is 0 Å². The smallest absolute Gasteiger partial charge is 0.192 e. The molecule has 0 saturated heterocycles. The van der Waals surface area contributed by atoms with Gasteiger partial charge >= 0.3 is 0 Å². The van der Waals surface area contributed by atoms with E-state index in [0.29, 0.717) is 12.2 Å². The third kappa shape index (κ3) is 5.68. The Balaban J connectivity index is 2.84. The first-order valence-electron chi connectivity index (χ1n) is 9.94. The van der Waals surface area contributed by atoms with Crippen molar-refractivity contribution >= 4 is 16.6 Å². The van der Waals surface area contributed by atoms with Gasteiger partial charge in [-0.25, -0.2) is 0 Å². The summed E-state index contributed by atoms with van der Waals surface area (Å²) in [6, 6.07) is 0. The van der Waals surface area contributed by atoms with Crippen molar-refractivity contribution in [2.45, 2.75) is 123 Å². The molecule has 1 fully saturated rings. The molecule has 2 atom stereocenters. The van der Waals surface area contributed by atoms with Crippen LogP contribution in [0.3, 0.4) is 0 Å². The Morgan fingerprint density at radius 3 is 1.29 bits per heavy atom. The van der Waals surface area contributed by atoms with Gasteiger partial charge < -0.3 is 8.85 Å². The molecule has 4 heteroatoms. The highest BCUT2D eigenvalue weighted by atomic mass is 28.4. The first-order valence-corrected chi connectivity index (χ1v) is 15.8. The van der Waals surface area contributed by atoms with E-state index in [1.807, 2.05) is 0 Å². The van der Waals surface area contributed by atoms with E-state index < -0.39 is 16.6 Å². The zero-order chi connectivity index (χ0) is 19.0. The molecular formula is C20H44O2Si2. The molecule has 0 spiro atoms. The molecule has 1 rings (SSSR count). The SMILES string of the molecule is CCC1C[C@@H](O[Si](C)(C)C(C)(C)C)C[C@H](O[Si](C)(C)C(C)(C)C)C1. The van der Waals surface area contributed by atoms with Crippen LogP contribution in [0.15, 0.2) is 0 Å². The molecule has 0 amide bonds. The molecule has 24 heavy (non-hydrogen) atoms. The van der Waals surface area contributed by atoms with Crippen molar-refractivity contribution in [1.29, 1.82) is 0 Å². The number of hydrogen-bond acceptors (Lipinski definition) is 2. The van der Waals surface area contributed by atoms with E-state index in [2.05, 4.69) is 74.7 Å². The van der Waals surface area contributed by atoms with E-state index in [1.54, 1.807) is 0 Å². The Bertz CT molecular complexity index is 369. The quantitative estimate of drug-likeness (QED) is 0.485. The molecule has 0 radical (unpaired) electrons. The summed E-state index contributed by atoms with van der Waals surface area (Å²) in [6.07, 6.45) is 5.56. The predicted octanol–water partition coefficient (Wildman–Crippen LogP) is 6.98. The molecule has 0 N–H and O–H groups in total. The second kappa shape index (κ2) is 7.54.